The molecule has 28 heavy (non-hydrogen) atoms. The molecule has 0 atom stereocenters. The second-order valence-corrected chi connectivity index (χ2v) is 10.5. The van der Waals surface area contributed by atoms with E-state index in [1.807, 2.05) is 99.6 Å². The first-order valence-electron chi connectivity index (χ1n) is 9.18. The number of nitrogens with zero attached hydrogens (tertiary/aromatic N) is 1. The number of fused-ring (bicyclic) bond motifs is 2. The van der Waals surface area contributed by atoms with Gasteiger partial charge in [0, 0.05) is 15.9 Å². The molecule has 0 unspecified atom stereocenters. The quantitative estimate of drug-likeness (QED) is 0.419. The molecular formula is C23H22NO3P. The van der Waals surface area contributed by atoms with Crippen molar-refractivity contribution in [3.63, 3.8) is 0 Å². The minimum Gasteiger partial charge on any atom is -0.456 e. The number of rotatable bonds is 1. The summed E-state index contributed by atoms with van der Waals surface area (Å²) in [4.78, 5) is 12.9. The van der Waals surface area contributed by atoms with Crippen molar-refractivity contribution in [2.75, 3.05) is 0 Å². The lowest BCUT2D eigenvalue weighted by molar-refractivity contribution is 0.0607. The van der Waals surface area contributed by atoms with Gasteiger partial charge in [-0.3, -0.25) is 0 Å². The number of hydrogen-bond donors (Lipinski definition) is 0. The minimum absolute atomic E-state index is 0.559. The molecule has 0 fully saturated rings. The Hall–Kier alpha value is -2.84. The number of carbonyl (C=O) groups is 1. The van der Waals surface area contributed by atoms with Gasteiger partial charge in [0.05, 0.1) is 7.05 Å². The van der Waals surface area contributed by atoms with Gasteiger partial charge in [-0.25, -0.2) is 4.79 Å². The molecule has 1 aliphatic heterocycles. The van der Waals surface area contributed by atoms with E-state index in [0.29, 0.717) is 0 Å². The minimum atomic E-state index is -2.64. The average molecular weight is 391 g/mol. The Morgan fingerprint density at radius 3 is 1.86 bits per heavy atom. The van der Waals surface area contributed by atoms with E-state index < -0.39 is 18.7 Å². The smallest absolute Gasteiger partial charge is 0.433 e. The van der Waals surface area contributed by atoms with Crippen LogP contribution in [0.4, 0.5) is 4.79 Å². The van der Waals surface area contributed by atoms with Crippen LogP contribution in [0.1, 0.15) is 20.8 Å². The van der Waals surface area contributed by atoms with Crippen LogP contribution < -0.4 is 20.7 Å². The number of ether oxygens (including phenoxy) is 2. The third-order valence-corrected chi connectivity index (χ3v) is 8.04. The molecule has 0 N–H and O–H groups in total. The van der Waals surface area contributed by atoms with Crippen molar-refractivity contribution in [3.05, 3.63) is 78.9 Å². The monoisotopic (exact) mass is 391 g/mol. The maximum Gasteiger partial charge on any atom is 0.433 e. The molecule has 4 nitrogen and oxygen atoms in total. The van der Waals surface area contributed by atoms with Gasteiger partial charge in [-0.05, 0) is 45.0 Å². The van der Waals surface area contributed by atoms with Crippen LogP contribution in [0.25, 0.3) is 0 Å². The van der Waals surface area contributed by atoms with Crippen LogP contribution in [-0.4, -0.2) is 11.7 Å². The first kappa shape index (κ1) is 18.5. The molecule has 0 aromatic heterocycles. The molecule has 1 aliphatic rings. The fourth-order valence-electron chi connectivity index (χ4n) is 3.36. The standard InChI is InChI=1S/C23H22NO3P/c1-23(2,3)27-22(25)24-28(17-11-5-4-6-12-17)20-15-9-7-13-18(20)26-19-14-8-10-16-21(19)28/h4-16H,1-3H3. The van der Waals surface area contributed by atoms with Crippen molar-refractivity contribution in [1.29, 1.82) is 0 Å². The van der Waals surface area contributed by atoms with E-state index in [2.05, 4.69) is 0 Å². The van der Waals surface area contributed by atoms with Gasteiger partial charge >= 0.3 is 6.09 Å². The summed E-state index contributed by atoms with van der Waals surface area (Å²) >= 11 is 0. The zero-order valence-corrected chi connectivity index (χ0v) is 17.0. The third-order valence-electron chi connectivity index (χ3n) is 4.40. The van der Waals surface area contributed by atoms with Crippen molar-refractivity contribution < 1.29 is 14.3 Å². The summed E-state index contributed by atoms with van der Waals surface area (Å²) in [6.45, 7) is 5.54. The number of benzene rings is 3. The van der Waals surface area contributed by atoms with Gasteiger partial charge in [0.2, 0.25) is 0 Å². The maximum absolute atomic E-state index is 12.9. The van der Waals surface area contributed by atoms with Crippen molar-refractivity contribution in [3.8, 4) is 11.5 Å². The van der Waals surface area contributed by atoms with Gasteiger partial charge in [-0.1, -0.05) is 54.6 Å². The Labute approximate surface area is 165 Å². The highest BCUT2D eigenvalue weighted by Crippen LogP contribution is 2.54. The van der Waals surface area contributed by atoms with E-state index in [4.69, 9.17) is 14.2 Å². The van der Waals surface area contributed by atoms with E-state index in [-0.39, 0.29) is 0 Å². The van der Waals surface area contributed by atoms with Crippen LogP contribution in [0, 0.1) is 0 Å². The molecular weight excluding hydrogens is 369 g/mol. The predicted molar refractivity (Wildman–Crippen MR) is 114 cm³/mol. The first-order valence-corrected chi connectivity index (χ1v) is 10.9. The van der Waals surface area contributed by atoms with Crippen molar-refractivity contribution in [2.24, 2.45) is 4.74 Å². The van der Waals surface area contributed by atoms with Gasteiger partial charge in [-0.2, -0.15) is 4.74 Å². The van der Waals surface area contributed by atoms with Gasteiger partial charge in [-0.15, -0.1) is 0 Å². The Kier molecular flexibility index (Phi) is 4.60. The van der Waals surface area contributed by atoms with Crippen molar-refractivity contribution in [2.45, 2.75) is 26.4 Å². The zero-order chi connectivity index (χ0) is 19.8. The summed E-state index contributed by atoms with van der Waals surface area (Å²) in [5.74, 6) is 1.45. The van der Waals surface area contributed by atoms with Gasteiger partial charge in [0.25, 0.3) is 0 Å². The van der Waals surface area contributed by atoms with Crippen LogP contribution >= 0.6 is 7.05 Å². The summed E-state index contributed by atoms with van der Waals surface area (Å²) in [7, 11) is -2.64. The van der Waals surface area contributed by atoms with E-state index in [1.165, 1.54) is 0 Å². The summed E-state index contributed by atoms with van der Waals surface area (Å²) in [5.41, 5.74) is -0.618. The largest absolute Gasteiger partial charge is 0.456 e. The third kappa shape index (κ3) is 3.25. The highest BCUT2D eigenvalue weighted by atomic mass is 31.2. The molecule has 5 heteroatoms. The van der Waals surface area contributed by atoms with E-state index in [1.54, 1.807) is 0 Å². The van der Waals surface area contributed by atoms with Crippen LogP contribution in [0.15, 0.2) is 83.6 Å². The van der Waals surface area contributed by atoms with E-state index in [0.717, 1.165) is 27.4 Å². The molecule has 4 rings (SSSR count). The van der Waals surface area contributed by atoms with E-state index in [9.17, 15) is 4.79 Å². The summed E-state index contributed by atoms with van der Waals surface area (Å²) in [5, 5.41) is 2.83. The van der Waals surface area contributed by atoms with Crippen LogP contribution in [0.2, 0.25) is 0 Å². The number of carbonyl (C=O) groups excluding carboxylic acids is 1. The van der Waals surface area contributed by atoms with Crippen molar-refractivity contribution >= 4 is 29.1 Å². The highest BCUT2D eigenvalue weighted by molar-refractivity contribution is 7.88. The number of para-hydroxylation sites is 2. The topological polar surface area (TPSA) is 47.9 Å². The number of hydrogen-bond acceptors (Lipinski definition) is 3. The Morgan fingerprint density at radius 2 is 1.32 bits per heavy atom. The second kappa shape index (κ2) is 6.96. The summed E-state index contributed by atoms with van der Waals surface area (Å²) in [6.07, 6.45) is -0.559. The molecule has 0 aliphatic carbocycles. The molecule has 142 valence electrons. The zero-order valence-electron chi connectivity index (χ0n) is 16.1. The van der Waals surface area contributed by atoms with Gasteiger partial charge in [0.15, 0.2) is 0 Å². The average Bonchev–Trinajstić information content (AvgIpc) is 2.67. The summed E-state index contributed by atoms with van der Waals surface area (Å²) in [6, 6.07) is 25.6. The molecule has 0 bridgehead atoms. The van der Waals surface area contributed by atoms with Crippen LogP contribution in [0.5, 0.6) is 11.5 Å². The van der Waals surface area contributed by atoms with Crippen molar-refractivity contribution in [1.82, 2.24) is 0 Å². The van der Waals surface area contributed by atoms with Gasteiger partial charge in [0.1, 0.15) is 17.1 Å². The number of amides is 1. The Morgan fingerprint density at radius 1 is 0.821 bits per heavy atom. The lowest BCUT2D eigenvalue weighted by Gasteiger charge is -2.33. The molecule has 0 saturated heterocycles. The molecule has 1 amide bonds. The van der Waals surface area contributed by atoms with E-state index >= 15 is 0 Å². The molecule has 0 spiro atoms. The molecule has 3 aromatic carbocycles. The summed E-state index contributed by atoms with van der Waals surface area (Å²) < 4.78 is 16.5. The van der Waals surface area contributed by atoms with Crippen LogP contribution in [-0.2, 0) is 4.74 Å². The lowest BCUT2D eigenvalue weighted by atomic mass is 10.2. The lowest BCUT2D eigenvalue weighted by Crippen LogP contribution is -2.32. The second-order valence-electron chi connectivity index (χ2n) is 7.59. The maximum atomic E-state index is 12.9. The molecule has 0 saturated carbocycles. The SMILES string of the molecule is CC(C)(C)OC(=O)N=P1(c2ccccc2)c2ccccc2Oc2ccccc21. The van der Waals surface area contributed by atoms with Crippen LogP contribution in [0.3, 0.4) is 0 Å². The predicted octanol–water partition coefficient (Wildman–Crippen LogP) is 5.20. The molecule has 1 heterocycles. The normalized spacial score (nSPS) is 14.2. The Balaban J connectivity index is 2.09. The Bertz CT molecular complexity index is 1030. The fraction of sp³-hybridized carbons (Fsp3) is 0.174. The fourth-order valence-corrected chi connectivity index (χ4v) is 6.88. The molecule has 0 radical (unpaired) electrons. The first-order chi connectivity index (χ1) is 13.4. The van der Waals surface area contributed by atoms with Gasteiger partial charge < -0.3 is 9.47 Å². The highest BCUT2D eigenvalue weighted by Gasteiger charge is 2.38. The molecule has 3 aromatic rings.